The third-order valence-corrected chi connectivity index (χ3v) is 7.89. The Morgan fingerprint density at radius 1 is 0.710 bits per heavy atom. The summed E-state index contributed by atoms with van der Waals surface area (Å²) < 4.78 is 60.0. The number of rotatable bonds is 8. The average molecular weight is 493 g/mol. The Kier molecular flexibility index (Phi) is 6.53. The molecule has 0 radical (unpaired) electrons. The monoisotopic (exact) mass is 494 g/mol. The van der Waals surface area contributed by atoms with Crippen LogP contribution in [0, 0.1) is 23.3 Å². The third kappa shape index (κ3) is 5.24. The van der Waals surface area contributed by atoms with Gasteiger partial charge in [-0.3, -0.25) is 0 Å². The second-order valence-electron chi connectivity index (χ2n) is 6.96. The summed E-state index contributed by atoms with van der Waals surface area (Å²) in [7, 11) is 0. The Morgan fingerprint density at radius 3 is 1.52 bits per heavy atom. The molecule has 0 saturated heterocycles. The molecule has 9 heteroatoms. The molecule has 4 rings (SSSR count). The molecule has 2 unspecified atom stereocenters. The van der Waals surface area contributed by atoms with Crippen LogP contribution in [0.2, 0.25) is 0 Å². The van der Waals surface area contributed by atoms with E-state index in [0.717, 1.165) is 12.1 Å². The van der Waals surface area contributed by atoms with Crippen LogP contribution in [0.1, 0.15) is 20.8 Å². The van der Waals surface area contributed by atoms with Crippen molar-refractivity contribution < 1.29 is 17.6 Å². The van der Waals surface area contributed by atoms with Gasteiger partial charge in [0, 0.05) is 0 Å². The van der Waals surface area contributed by atoms with E-state index in [1.807, 2.05) is 9.13 Å². The standard InChI is InChI=1S/C22H18F4N4Se/c23-15-1-3-17(19(25)9-15)21(11-29-7-5-27-13-29)31-22(12-30-8-6-28-14-30)18-4-2-16(24)10-20(18)26/h1-10,13-14,21-22H,11-12H2. The second kappa shape index (κ2) is 9.49. The minimum absolute atomic E-state index is 0.347. The van der Waals surface area contributed by atoms with Crippen molar-refractivity contribution >= 4 is 15.0 Å². The molecular formula is C22H18F4N4Se. The minimum atomic E-state index is -0.658. The maximum atomic E-state index is 14.7. The van der Waals surface area contributed by atoms with Crippen molar-refractivity contribution in [3.63, 3.8) is 0 Å². The van der Waals surface area contributed by atoms with Gasteiger partial charge >= 0.3 is 183 Å². The Hall–Kier alpha value is -2.90. The fraction of sp³-hybridized carbons (Fsp3) is 0.182. The molecule has 0 amide bonds. The number of hydrogen-bond acceptors (Lipinski definition) is 2. The number of imidazole rings is 2. The van der Waals surface area contributed by atoms with Crippen molar-refractivity contribution in [2.45, 2.75) is 22.7 Å². The van der Waals surface area contributed by atoms with Crippen molar-refractivity contribution in [3.8, 4) is 0 Å². The van der Waals surface area contributed by atoms with E-state index in [1.165, 1.54) is 24.3 Å². The Labute approximate surface area is 182 Å². The predicted octanol–water partition coefficient (Wildman–Crippen LogP) is 4.52. The van der Waals surface area contributed by atoms with Crippen LogP contribution >= 0.6 is 0 Å². The zero-order chi connectivity index (χ0) is 21.8. The fourth-order valence-corrected chi connectivity index (χ4v) is 6.66. The van der Waals surface area contributed by atoms with Crippen LogP contribution in [-0.2, 0) is 13.1 Å². The predicted molar refractivity (Wildman–Crippen MR) is 108 cm³/mol. The summed E-state index contributed by atoms with van der Waals surface area (Å²) in [5.41, 5.74) is 0.710. The molecule has 0 saturated carbocycles. The summed E-state index contributed by atoms with van der Waals surface area (Å²) in [6, 6.07) is 7.02. The molecule has 2 heterocycles. The van der Waals surface area contributed by atoms with Crippen LogP contribution in [0.5, 0.6) is 0 Å². The quantitative estimate of drug-likeness (QED) is 0.267. The van der Waals surface area contributed by atoms with Crippen LogP contribution in [0.4, 0.5) is 17.6 Å². The fourth-order valence-electron chi connectivity index (χ4n) is 3.33. The first-order valence-corrected chi connectivity index (χ1v) is 11.4. The average Bonchev–Trinajstić information content (AvgIpc) is 3.41. The van der Waals surface area contributed by atoms with Crippen LogP contribution in [0.25, 0.3) is 0 Å². The number of aromatic nitrogens is 4. The van der Waals surface area contributed by atoms with Crippen molar-refractivity contribution in [1.29, 1.82) is 0 Å². The van der Waals surface area contributed by atoms with E-state index in [-0.39, 0.29) is 9.63 Å². The van der Waals surface area contributed by atoms with Crippen LogP contribution < -0.4 is 0 Å². The summed E-state index contributed by atoms with van der Waals surface area (Å²) in [5.74, 6) is -2.61. The van der Waals surface area contributed by atoms with Crippen molar-refractivity contribution in [2.75, 3.05) is 0 Å². The third-order valence-electron chi connectivity index (χ3n) is 4.82. The summed E-state index contributed by atoms with van der Waals surface area (Å²) in [4.78, 5) is 7.37. The van der Waals surface area contributed by atoms with E-state index >= 15 is 0 Å². The molecule has 4 nitrogen and oxygen atoms in total. The summed E-state index contributed by atoms with van der Waals surface area (Å²) in [5, 5.41) is 0. The molecular weight excluding hydrogens is 475 g/mol. The van der Waals surface area contributed by atoms with Gasteiger partial charge in [0.25, 0.3) is 0 Å². The van der Waals surface area contributed by atoms with E-state index in [9.17, 15) is 17.6 Å². The molecule has 0 N–H and O–H groups in total. The van der Waals surface area contributed by atoms with Gasteiger partial charge in [0.05, 0.1) is 0 Å². The van der Waals surface area contributed by atoms with Gasteiger partial charge in [-0.15, -0.1) is 0 Å². The van der Waals surface area contributed by atoms with E-state index < -0.39 is 38.2 Å². The van der Waals surface area contributed by atoms with Gasteiger partial charge in [-0.2, -0.15) is 0 Å². The van der Waals surface area contributed by atoms with Crippen LogP contribution in [-0.4, -0.2) is 34.1 Å². The Morgan fingerprint density at radius 2 is 1.16 bits per heavy atom. The van der Waals surface area contributed by atoms with Gasteiger partial charge in [0.15, 0.2) is 0 Å². The van der Waals surface area contributed by atoms with E-state index in [2.05, 4.69) is 9.97 Å². The van der Waals surface area contributed by atoms with Gasteiger partial charge < -0.3 is 0 Å². The van der Waals surface area contributed by atoms with E-state index in [0.29, 0.717) is 24.2 Å². The molecule has 0 bridgehead atoms. The molecule has 31 heavy (non-hydrogen) atoms. The number of nitrogens with zero attached hydrogens (tertiary/aromatic N) is 4. The van der Waals surface area contributed by atoms with Crippen LogP contribution in [0.3, 0.4) is 0 Å². The summed E-state index contributed by atoms with van der Waals surface area (Å²) in [6.07, 6.45) is 9.99. The van der Waals surface area contributed by atoms with Crippen molar-refractivity contribution in [2.24, 2.45) is 0 Å². The molecule has 2 atom stereocenters. The van der Waals surface area contributed by atoms with Crippen LogP contribution in [0.15, 0.2) is 73.8 Å². The van der Waals surface area contributed by atoms with Gasteiger partial charge in [-0.05, 0) is 0 Å². The molecule has 0 spiro atoms. The normalized spacial score (nSPS) is 13.3. The molecule has 0 fully saturated rings. The Balaban J connectivity index is 1.71. The van der Waals surface area contributed by atoms with Gasteiger partial charge in [0.2, 0.25) is 0 Å². The molecule has 2 aromatic carbocycles. The zero-order valence-corrected chi connectivity index (χ0v) is 17.9. The first-order chi connectivity index (χ1) is 15.0. The van der Waals surface area contributed by atoms with Gasteiger partial charge in [-0.25, -0.2) is 0 Å². The molecule has 4 aromatic rings. The SMILES string of the molecule is Fc1ccc(C(Cn2ccnc2)[Se]C(Cn2ccnc2)c2ccc(F)cc2F)c(F)c1. The summed E-state index contributed by atoms with van der Waals surface area (Å²) in [6.45, 7) is 0.789. The Bertz CT molecular complexity index is 1040. The van der Waals surface area contributed by atoms with E-state index in [4.69, 9.17) is 0 Å². The number of halogens is 4. The molecule has 160 valence electrons. The zero-order valence-electron chi connectivity index (χ0n) is 16.2. The van der Waals surface area contributed by atoms with Gasteiger partial charge in [0.1, 0.15) is 0 Å². The van der Waals surface area contributed by atoms with E-state index in [1.54, 1.807) is 37.4 Å². The molecule has 0 aliphatic carbocycles. The number of hydrogen-bond donors (Lipinski definition) is 0. The molecule has 0 aliphatic heterocycles. The van der Waals surface area contributed by atoms with Gasteiger partial charge in [-0.1, -0.05) is 0 Å². The maximum absolute atomic E-state index is 14.7. The summed E-state index contributed by atoms with van der Waals surface area (Å²) >= 11 is -0.397. The topological polar surface area (TPSA) is 35.6 Å². The number of benzene rings is 2. The first-order valence-electron chi connectivity index (χ1n) is 9.46. The molecule has 2 aromatic heterocycles. The van der Waals surface area contributed by atoms with Crippen molar-refractivity contribution in [3.05, 3.63) is 108 Å². The van der Waals surface area contributed by atoms with Crippen molar-refractivity contribution in [1.82, 2.24) is 19.1 Å². The first kappa shape index (κ1) is 21.3. The second-order valence-corrected chi connectivity index (χ2v) is 9.92. The molecule has 0 aliphatic rings.